The van der Waals surface area contributed by atoms with Crippen molar-refractivity contribution in [3.05, 3.63) is 39.4 Å². The molecule has 0 aliphatic carbocycles. The minimum absolute atomic E-state index is 0.0886. The molecule has 2 bridgehead atoms. The lowest BCUT2D eigenvalue weighted by Crippen LogP contribution is -2.38. The van der Waals surface area contributed by atoms with E-state index in [1.807, 2.05) is 12.1 Å². The van der Waals surface area contributed by atoms with Crippen molar-refractivity contribution >= 4 is 34.7 Å². The first kappa shape index (κ1) is 13.9. The zero-order chi connectivity index (χ0) is 14.3. The van der Waals surface area contributed by atoms with Crippen molar-refractivity contribution in [1.82, 2.24) is 5.32 Å². The number of nitrogens with one attached hydrogen (secondary N) is 1. The molecule has 2 atom stereocenters. The molecule has 0 aromatic heterocycles. The van der Waals surface area contributed by atoms with Gasteiger partial charge in [-0.1, -0.05) is 29.3 Å². The summed E-state index contributed by atoms with van der Waals surface area (Å²) in [6.07, 6.45) is 2.87. The normalized spacial score (nSPS) is 24.9. The fourth-order valence-corrected chi connectivity index (χ4v) is 3.41. The van der Waals surface area contributed by atoms with Gasteiger partial charge in [0, 0.05) is 12.1 Å². The summed E-state index contributed by atoms with van der Waals surface area (Å²) in [6.45, 7) is 0. The largest absolute Gasteiger partial charge is 0.466 e. The third-order valence-electron chi connectivity index (χ3n) is 4.04. The smallest absolute Gasteiger partial charge is 0.335 e. The number of rotatable bonds is 2. The van der Waals surface area contributed by atoms with Crippen LogP contribution in [0.3, 0.4) is 0 Å². The molecule has 3 rings (SSSR count). The molecule has 5 heteroatoms. The van der Waals surface area contributed by atoms with Crippen molar-refractivity contribution in [3.8, 4) is 0 Å². The minimum Gasteiger partial charge on any atom is -0.466 e. The summed E-state index contributed by atoms with van der Waals surface area (Å²) in [5.41, 5.74) is 2.72. The Kier molecular flexibility index (Phi) is 3.76. The second kappa shape index (κ2) is 5.40. The van der Waals surface area contributed by atoms with Gasteiger partial charge in [0.05, 0.1) is 22.7 Å². The molecule has 20 heavy (non-hydrogen) atoms. The monoisotopic (exact) mass is 311 g/mol. The summed E-state index contributed by atoms with van der Waals surface area (Å²) < 4.78 is 4.95. The Morgan fingerprint density at radius 2 is 2.10 bits per heavy atom. The number of esters is 1. The van der Waals surface area contributed by atoms with E-state index in [9.17, 15) is 4.79 Å². The molecule has 2 heterocycles. The number of methoxy groups -OCH3 is 1. The van der Waals surface area contributed by atoms with E-state index in [-0.39, 0.29) is 12.0 Å². The van der Waals surface area contributed by atoms with Gasteiger partial charge in [0.25, 0.3) is 0 Å². The third-order valence-corrected chi connectivity index (χ3v) is 4.78. The molecule has 2 aliphatic rings. The number of halogens is 2. The third kappa shape index (κ3) is 2.34. The lowest BCUT2D eigenvalue weighted by molar-refractivity contribution is -0.136. The van der Waals surface area contributed by atoms with Crippen molar-refractivity contribution in [2.24, 2.45) is 0 Å². The Hall–Kier alpha value is -1.03. The van der Waals surface area contributed by atoms with Gasteiger partial charge in [0.1, 0.15) is 0 Å². The molecule has 3 nitrogen and oxygen atoms in total. The second-order valence-electron chi connectivity index (χ2n) is 5.21. The number of carbonyl (C=O) groups is 1. The summed E-state index contributed by atoms with van der Waals surface area (Å²) >= 11 is 12.1. The maximum atomic E-state index is 12.1. The van der Waals surface area contributed by atoms with Crippen LogP contribution in [0, 0.1) is 0 Å². The van der Waals surface area contributed by atoms with Crippen molar-refractivity contribution in [1.29, 1.82) is 0 Å². The molecule has 106 valence electrons. The molecule has 0 saturated carbocycles. The average Bonchev–Trinajstić information content (AvgIpc) is 2.82. The van der Waals surface area contributed by atoms with Gasteiger partial charge in [0.15, 0.2) is 0 Å². The summed E-state index contributed by atoms with van der Waals surface area (Å²) in [5.74, 6) is -0.260. The Balaban J connectivity index is 2.10. The number of ether oxygens (including phenoxy) is 1. The van der Waals surface area contributed by atoms with Crippen LogP contribution in [-0.4, -0.2) is 25.2 Å². The molecule has 1 fully saturated rings. The van der Waals surface area contributed by atoms with E-state index in [1.165, 1.54) is 7.11 Å². The van der Waals surface area contributed by atoms with Gasteiger partial charge < -0.3 is 10.1 Å². The van der Waals surface area contributed by atoms with E-state index in [4.69, 9.17) is 27.9 Å². The quantitative estimate of drug-likeness (QED) is 0.850. The number of carbonyl (C=O) groups excluding carboxylic acids is 1. The van der Waals surface area contributed by atoms with Crippen LogP contribution < -0.4 is 5.32 Å². The second-order valence-corrected chi connectivity index (χ2v) is 6.02. The van der Waals surface area contributed by atoms with Crippen LogP contribution in [0.15, 0.2) is 23.8 Å². The van der Waals surface area contributed by atoms with Gasteiger partial charge >= 0.3 is 5.97 Å². The first-order chi connectivity index (χ1) is 9.60. The first-order valence-corrected chi connectivity index (χ1v) is 7.38. The van der Waals surface area contributed by atoms with Crippen LogP contribution >= 0.6 is 23.2 Å². The highest BCUT2D eigenvalue weighted by molar-refractivity contribution is 6.42. The fourth-order valence-electron chi connectivity index (χ4n) is 3.11. The van der Waals surface area contributed by atoms with Gasteiger partial charge in [-0.25, -0.2) is 4.79 Å². The summed E-state index contributed by atoms with van der Waals surface area (Å²) in [5, 5.41) is 4.49. The summed E-state index contributed by atoms with van der Waals surface area (Å²) in [7, 11) is 1.42. The fraction of sp³-hybridized carbons (Fsp3) is 0.400. The highest BCUT2D eigenvalue weighted by Gasteiger charge is 2.38. The molecule has 0 radical (unpaired) electrons. The standard InChI is InChI=1S/C15H15Cl2NO2/c1-20-15(19)14-10(7-9-3-5-13(14)18-9)8-2-4-11(16)12(17)6-8/h2,4,6,9,13,18H,3,5,7H2,1H3. The van der Waals surface area contributed by atoms with Crippen LogP contribution in [0.4, 0.5) is 0 Å². The van der Waals surface area contributed by atoms with Crippen molar-refractivity contribution in [2.75, 3.05) is 7.11 Å². The van der Waals surface area contributed by atoms with Crippen LogP contribution in [0.2, 0.25) is 10.0 Å². The number of fused-ring (bicyclic) bond motifs is 2. The molecule has 2 unspecified atom stereocenters. The predicted octanol–water partition coefficient (Wildman–Crippen LogP) is 3.44. The molecular weight excluding hydrogens is 297 g/mol. The summed E-state index contributed by atoms with van der Waals surface area (Å²) in [6, 6.07) is 6.03. The average molecular weight is 312 g/mol. The van der Waals surface area contributed by atoms with Crippen LogP contribution in [0.1, 0.15) is 24.8 Å². The van der Waals surface area contributed by atoms with Crippen molar-refractivity contribution in [2.45, 2.75) is 31.3 Å². The zero-order valence-corrected chi connectivity index (χ0v) is 12.6. The van der Waals surface area contributed by atoms with E-state index in [2.05, 4.69) is 5.32 Å². The van der Waals surface area contributed by atoms with E-state index in [1.54, 1.807) is 6.07 Å². The highest BCUT2D eigenvalue weighted by Crippen LogP contribution is 2.38. The zero-order valence-electron chi connectivity index (χ0n) is 11.1. The maximum absolute atomic E-state index is 12.1. The highest BCUT2D eigenvalue weighted by atomic mass is 35.5. The van der Waals surface area contributed by atoms with E-state index in [0.29, 0.717) is 16.1 Å². The first-order valence-electron chi connectivity index (χ1n) is 6.63. The van der Waals surface area contributed by atoms with E-state index >= 15 is 0 Å². The van der Waals surface area contributed by atoms with Gasteiger partial charge in [0.2, 0.25) is 0 Å². The lowest BCUT2D eigenvalue weighted by atomic mass is 9.90. The molecule has 1 N–H and O–H groups in total. The van der Waals surface area contributed by atoms with E-state index in [0.717, 1.165) is 36.0 Å². The molecule has 1 saturated heterocycles. The molecule has 1 aromatic carbocycles. The van der Waals surface area contributed by atoms with Gasteiger partial charge in [-0.15, -0.1) is 0 Å². The van der Waals surface area contributed by atoms with Crippen molar-refractivity contribution < 1.29 is 9.53 Å². The lowest BCUT2D eigenvalue weighted by Gasteiger charge is -2.27. The van der Waals surface area contributed by atoms with Gasteiger partial charge in [-0.2, -0.15) is 0 Å². The topological polar surface area (TPSA) is 38.3 Å². The Labute approximate surface area is 127 Å². The van der Waals surface area contributed by atoms with Crippen LogP contribution in [-0.2, 0) is 9.53 Å². The molecule has 0 spiro atoms. The number of hydrogen-bond acceptors (Lipinski definition) is 3. The van der Waals surface area contributed by atoms with Crippen LogP contribution in [0.5, 0.6) is 0 Å². The number of hydrogen-bond donors (Lipinski definition) is 1. The summed E-state index contributed by atoms with van der Waals surface area (Å²) in [4.78, 5) is 12.1. The molecule has 0 amide bonds. The SMILES string of the molecule is COC(=O)C1=C(c2ccc(Cl)c(Cl)c2)CC2CCC1N2. The predicted molar refractivity (Wildman–Crippen MR) is 80.0 cm³/mol. The van der Waals surface area contributed by atoms with Gasteiger partial charge in [-0.3, -0.25) is 0 Å². The van der Waals surface area contributed by atoms with Crippen LogP contribution in [0.25, 0.3) is 5.57 Å². The van der Waals surface area contributed by atoms with Gasteiger partial charge in [-0.05, 0) is 42.5 Å². The van der Waals surface area contributed by atoms with E-state index < -0.39 is 0 Å². The minimum atomic E-state index is -0.260. The molecule has 1 aromatic rings. The molecular formula is C15H15Cl2NO2. The Bertz CT molecular complexity index is 598. The van der Waals surface area contributed by atoms with Crippen molar-refractivity contribution in [3.63, 3.8) is 0 Å². The molecule has 2 aliphatic heterocycles. The maximum Gasteiger partial charge on any atom is 0.335 e. The Morgan fingerprint density at radius 3 is 2.80 bits per heavy atom. The Morgan fingerprint density at radius 1 is 1.30 bits per heavy atom. The number of benzene rings is 1.